The average molecular weight is 497 g/mol. The molecule has 0 saturated carbocycles. The van der Waals surface area contributed by atoms with Gasteiger partial charge in [-0.2, -0.15) is 0 Å². The van der Waals surface area contributed by atoms with E-state index < -0.39 is 28.5 Å². The third-order valence-electron chi connectivity index (χ3n) is 5.10. The fourth-order valence-electron chi connectivity index (χ4n) is 3.24. The minimum absolute atomic E-state index is 0.0259. The molecule has 3 rings (SSSR count). The molecule has 184 valence electrons. The van der Waals surface area contributed by atoms with E-state index in [1.165, 1.54) is 20.2 Å². The number of hydrogen-bond acceptors (Lipinski definition) is 6. The minimum Gasteiger partial charge on any atom is -0.489 e. The van der Waals surface area contributed by atoms with Crippen molar-refractivity contribution in [3.8, 4) is 5.75 Å². The van der Waals surface area contributed by atoms with Crippen LogP contribution in [0.15, 0.2) is 77.7 Å². The second kappa shape index (κ2) is 11.6. The Bertz CT molecular complexity index is 1300. The van der Waals surface area contributed by atoms with Crippen molar-refractivity contribution in [1.82, 2.24) is 9.62 Å². The van der Waals surface area contributed by atoms with Gasteiger partial charge in [-0.25, -0.2) is 17.5 Å². The standard InChI is InChI=1S/C26H28N2O6S/c1-19-8-6-9-20(14-19)17-33-23-12-7-11-21(15-23)26(30)34-18-25(29)27-16-22-10-4-5-13-24(22)35(31,32)28(2)3/h4-15H,16-18H2,1-3H3,(H,27,29). The van der Waals surface area contributed by atoms with E-state index in [1.54, 1.807) is 42.5 Å². The summed E-state index contributed by atoms with van der Waals surface area (Å²) < 4.78 is 36.9. The first-order valence-corrected chi connectivity index (χ1v) is 12.3. The van der Waals surface area contributed by atoms with E-state index in [4.69, 9.17) is 9.47 Å². The Morgan fingerprint density at radius 3 is 2.43 bits per heavy atom. The zero-order valence-corrected chi connectivity index (χ0v) is 20.7. The van der Waals surface area contributed by atoms with E-state index >= 15 is 0 Å². The molecular weight excluding hydrogens is 468 g/mol. The van der Waals surface area contributed by atoms with Gasteiger partial charge < -0.3 is 14.8 Å². The largest absolute Gasteiger partial charge is 0.489 e. The van der Waals surface area contributed by atoms with Gasteiger partial charge in [0.05, 0.1) is 10.5 Å². The topological polar surface area (TPSA) is 102 Å². The number of nitrogens with zero attached hydrogens (tertiary/aromatic N) is 1. The van der Waals surface area contributed by atoms with Crippen LogP contribution in [0.5, 0.6) is 5.75 Å². The molecule has 0 aliphatic heterocycles. The number of nitrogens with one attached hydrogen (secondary N) is 1. The number of benzene rings is 3. The molecule has 0 saturated heterocycles. The maximum absolute atomic E-state index is 12.5. The van der Waals surface area contributed by atoms with Gasteiger partial charge in [0.25, 0.3) is 5.91 Å². The van der Waals surface area contributed by atoms with Gasteiger partial charge in [-0.3, -0.25) is 4.79 Å². The van der Waals surface area contributed by atoms with Crippen molar-refractivity contribution in [3.05, 3.63) is 95.1 Å². The molecule has 0 aromatic heterocycles. The van der Waals surface area contributed by atoms with Crippen molar-refractivity contribution in [2.24, 2.45) is 0 Å². The molecule has 0 heterocycles. The van der Waals surface area contributed by atoms with Gasteiger partial charge in [-0.15, -0.1) is 0 Å². The third-order valence-corrected chi connectivity index (χ3v) is 7.01. The van der Waals surface area contributed by atoms with Crippen LogP contribution in [-0.2, 0) is 32.7 Å². The molecule has 0 bridgehead atoms. The van der Waals surface area contributed by atoms with Crippen LogP contribution in [0.4, 0.5) is 0 Å². The zero-order chi connectivity index (χ0) is 25.4. The molecule has 0 aliphatic rings. The van der Waals surface area contributed by atoms with Crippen molar-refractivity contribution >= 4 is 21.9 Å². The lowest BCUT2D eigenvalue weighted by Gasteiger charge is -2.15. The Balaban J connectivity index is 1.53. The van der Waals surface area contributed by atoms with Gasteiger partial charge in [0, 0.05) is 20.6 Å². The molecule has 1 amide bonds. The lowest BCUT2D eigenvalue weighted by atomic mass is 10.1. The van der Waals surface area contributed by atoms with Crippen LogP contribution >= 0.6 is 0 Å². The Morgan fingerprint density at radius 2 is 1.69 bits per heavy atom. The van der Waals surface area contributed by atoms with Gasteiger partial charge in [-0.05, 0) is 42.3 Å². The minimum atomic E-state index is -3.66. The van der Waals surface area contributed by atoms with Crippen molar-refractivity contribution in [1.29, 1.82) is 0 Å². The summed E-state index contributed by atoms with van der Waals surface area (Å²) in [5.74, 6) is -0.719. The molecule has 0 atom stereocenters. The van der Waals surface area contributed by atoms with Crippen LogP contribution in [0.2, 0.25) is 0 Å². The summed E-state index contributed by atoms with van der Waals surface area (Å²) in [6.45, 7) is 1.83. The van der Waals surface area contributed by atoms with Crippen molar-refractivity contribution in [2.75, 3.05) is 20.7 Å². The molecule has 35 heavy (non-hydrogen) atoms. The van der Waals surface area contributed by atoms with E-state index in [0.717, 1.165) is 15.4 Å². The molecule has 8 nitrogen and oxygen atoms in total. The maximum Gasteiger partial charge on any atom is 0.338 e. The second-order valence-corrected chi connectivity index (χ2v) is 10.2. The third kappa shape index (κ3) is 7.14. The summed E-state index contributed by atoms with van der Waals surface area (Å²) >= 11 is 0. The highest BCUT2D eigenvalue weighted by atomic mass is 32.2. The van der Waals surface area contributed by atoms with E-state index in [9.17, 15) is 18.0 Å². The summed E-state index contributed by atoms with van der Waals surface area (Å²) in [5, 5.41) is 2.59. The fourth-order valence-corrected chi connectivity index (χ4v) is 4.35. The van der Waals surface area contributed by atoms with Gasteiger partial charge in [0.2, 0.25) is 10.0 Å². The van der Waals surface area contributed by atoms with Crippen LogP contribution in [0.25, 0.3) is 0 Å². The quantitative estimate of drug-likeness (QED) is 0.432. The molecule has 0 fully saturated rings. The Labute approximate surface area is 205 Å². The maximum atomic E-state index is 12.5. The van der Waals surface area contributed by atoms with Crippen molar-refractivity contribution < 1.29 is 27.5 Å². The molecular formula is C26H28N2O6S. The van der Waals surface area contributed by atoms with E-state index in [0.29, 0.717) is 17.9 Å². The summed E-state index contributed by atoms with van der Waals surface area (Å²) in [5.41, 5.74) is 2.82. The van der Waals surface area contributed by atoms with Crippen molar-refractivity contribution in [3.63, 3.8) is 0 Å². The zero-order valence-electron chi connectivity index (χ0n) is 19.9. The van der Waals surface area contributed by atoms with Crippen LogP contribution in [-0.4, -0.2) is 45.3 Å². The highest BCUT2D eigenvalue weighted by molar-refractivity contribution is 7.89. The number of esters is 1. The van der Waals surface area contributed by atoms with E-state index in [-0.39, 0.29) is 17.0 Å². The first-order chi connectivity index (χ1) is 16.7. The monoisotopic (exact) mass is 496 g/mol. The van der Waals surface area contributed by atoms with E-state index in [1.807, 2.05) is 31.2 Å². The lowest BCUT2D eigenvalue weighted by Crippen LogP contribution is -2.30. The number of sulfonamides is 1. The predicted molar refractivity (Wildman–Crippen MR) is 131 cm³/mol. The summed E-state index contributed by atoms with van der Waals surface area (Å²) in [7, 11) is -0.787. The smallest absolute Gasteiger partial charge is 0.338 e. The number of aryl methyl sites for hydroxylation is 1. The average Bonchev–Trinajstić information content (AvgIpc) is 2.85. The van der Waals surface area contributed by atoms with Gasteiger partial charge >= 0.3 is 5.97 Å². The molecule has 0 unspecified atom stereocenters. The number of amides is 1. The molecule has 0 radical (unpaired) electrons. The first-order valence-electron chi connectivity index (χ1n) is 10.9. The fraction of sp³-hybridized carbons (Fsp3) is 0.231. The first kappa shape index (κ1) is 25.9. The SMILES string of the molecule is Cc1cccc(COc2cccc(C(=O)OCC(=O)NCc3ccccc3S(=O)(=O)N(C)C)c2)c1. The van der Waals surface area contributed by atoms with Gasteiger partial charge in [0.1, 0.15) is 12.4 Å². The molecule has 0 aliphatic carbocycles. The highest BCUT2D eigenvalue weighted by Gasteiger charge is 2.21. The summed E-state index contributed by atoms with van der Waals surface area (Å²) in [6, 6.07) is 20.8. The molecule has 3 aromatic carbocycles. The molecule has 1 N–H and O–H groups in total. The number of carbonyl (C=O) groups is 2. The Kier molecular flexibility index (Phi) is 8.62. The molecule has 9 heteroatoms. The number of carbonyl (C=O) groups excluding carboxylic acids is 2. The highest BCUT2D eigenvalue weighted by Crippen LogP contribution is 2.19. The Hall–Kier alpha value is -3.69. The van der Waals surface area contributed by atoms with Crippen LogP contribution in [0.3, 0.4) is 0 Å². The predicted octanol–water partition coefficient (Wildman–Crippen LogP) is 3.30. The van der Waals surface area contributed by atoms with Crippen LogP contribution in [0.1, 0.15) is 27.0 Å². The number of hydrogen-bond donors (Lipinski definition) is 1. The summed E-state index contributed by atoms with van der Waals surface area (Å²) in [4.78, 5) is 24.7. The van der Waals surface area contributed by atoms with Crippen LogP contribution in [0, 0.1) is 6.92 Å². The van der Waals surface area contributed by atoms with Gasteiger partial charge in [-0.1, -0.05) is 54.1 Å². The number of ether oxygens (including phenoxy) is 2. The Morgan fingerprint density at radius 1 is 0.943 bits per heavy atom. The molecule has 3 aromatic rings. The molecule has 0 spiro atoms. The number of rotatable bonds is 10. The summed E-state index contributed by atoms with van der Waals surface area (Å²) in [6.07, 6.45) is 0. The second-order valence-electron chi connectivity index (χ2n) is 8.05. The van der Waals surface area contributed by atoms with Gasteiger partial charge in [0.15, 0.2) is 6.61 Å². The lowest BCUT2D eigenvalue weighted by molar-refractivity contribution is -0.124. The van der Waals surface area contributed by atoms with Crippen LogP contribution < -0.4 is 10.1 Å². The normalized spacial score (nSPS) is 11.2. The van der Waals surface area contributed by atoms with E-state index in [2.05, 4.69) is 5.32 Å². The van der Waals surface area contributed by atoms with Crippen molar-refractivity contribution in [2.45, 2.75) is 25.0 Å².